The minimum atomic E-state index is -0.0350. The topological polar surface area (TPSA) is 46.9 Å². The summed E-state index contributed by atoms with van der Waals surface area (Å²) >= 11 is 3.46. The third-order valence-corrected chi connectivity index (χ3v) is 3.01. The number of nitrogens with zero attached hydrogens (tertiary/aromatic N) is 2. The van der Waals surface area contributed by atoms with Crippen molar-refractivity contribution in [1.82, 2.24) is 15.1 Å². The first-order valence-electron chi connectivity index (χ1n) is 6.07. The molecule has 1 aromatic heterocycles. The van der Waals surface area contributed by atoms with Gasteiger partial charge >= 0.3 is 0 Å². The van der Waals surface area contributed by atoms with E-state index in [1.807, 2.05) is 19.9 Å². The molecule has 1 aromatic rings. The molecule has 1 heterocycles. The van der Waals surface area contributed by atoms with Gasteiger partial charge < -0.3 is 5.32 Å². The van der Waals surface area contributed by atoms with E-state index in [-0.39, 0.29) is 5.91 Å². The third kappa shape index (κ3) is 4.15. The Morgan fingerprint density at radius 3 is 2.82 bits per heavy atom. The van der Waals surface area contributed by atoms with Crippen LogP contribution in [0.3, 0.4) is 0 Å². The second-order valence-electron chi connectivity index (χ2n) is 4.02. The van der Waals surface area contributed by atoms with Crippen molar-refractivity contribution in [2.75, 3.05) is 6.54 Å². The molecule has 4 nitrogen and oxygen atoms in total. The Morgan fingerprint density at radius 2 is 2.29 bits per heavy atom. The molecular weight excluding hydrogens is 282 g/mol. The molecule has 1 amide bonds. The van der Waals surface area contributed by atoms with Crippen molar-refractivity contribution in [3.63, 3.8) is 0 Å². The zero-order chi connectivity index (χ0) is 12.8. The molecule has 0 aliphatic rings. The van der Waals surface area contributed by atoms with Gasteiger partial charge in [0.2, 0.25) is 0 Å². The highest BCUT2D eigenvalue weighted by Gasteiger charge is 2.13. The zero-order valence-electron chi connectivity index (χ0n) is 10.7. The molecule has 0 fully saturated rings. The Bertz CT molecular complexity index is 374. The lowest BCUT2D eigenvalue weighted by atomic mass is 10.3. The van der Waals surface area contributed by atoms with E-state index in [1.165, 1.54) is 0 Å². The van der Waals surface area contributed by atoms with Crippen molar-refractivity contribution in [2.24, 2.45) is 0 Å². The summed E-state index contributed by atoms with van der Waals surface area (Å²) < 4.78 is 1.76. The molecule has 1 atom stereocenters. The molecular formula is C12H20BrN3O. The molecule has 0 aromatic carbocycles. The number of nitrogens with one attached hydrogen (secondary N) is 1. The van der Waals surface area contributed by atoms with Gasteiger partial charge in [-0.15, -0.1) is 0 Å². The molecule has 0 saturated carbocycles. The molecule has 1 unspecified atom stereocenters. The minimum absolute atomic E-state index is 0.0350. The van der Waals surface area contributed by atoms with Crippen LogP contribution in [0.2, 0.25) is 0 Å². The molecule has 0 saturated heterocycles. The fraction of sp³-hybridized carbons (Fsp3) is 0.667. The van der Waals surface area contributed by atoms with Crippen molar-refractivity contribution in [1.29, 1.82) is 0 Å². The van der Waals surface area contributed by atoms with Crippen LogP contribution in [0.25, 0.3) is 0 Å². The van der Waals surface area contributed by atoms with Crippen LogP contribution in [0, 0.1) is 0 Å². The average Bonchev–Trinajstić information content (AvgIpc) is 2.71. The van der Waals surface area contributed by atoms with E-state index in [0.29, 0.717) is 17.1 Å². The van der Waals surface area contributed by atoms with Gasteiger partial charge in [-0.3, -0.25) is 9.48 Å². The zero-order valence-corrected chi connectivity index (χ0v) is 12.2. The summed E-state index contributed by atoms with van der Waals surface area (Å²) in [6, 6.07) is 1.87. The van der Waals surface area contributed by atoms with E-state index in [0.717, 1.165) is 25.1 Å². The fourth-order valence-corrected chi connectivity index (χ4v) is 1.77. The quantitative estimate of drug-likeness (QED) is 0.820. The molecule has 1 N–H and O–H groups in total. The average molecular weight is 302 g/mol. The lowest BCUT2D eigenvalue weighted by molar-refractivity contribution is 0.0942. The van der Waals surface area contributed by atoms with Gasteiger partial charge in [-0.2, -0.15) is 5.10 Å². The molecule has 17 heavy (non-hydrogen) atoms. The van der Waals surface area contributed by atoms with Crippen LogP contribution >= 0.6 is 15.9 Å². The van der Waals surface area contributed by atoms with E-state index in [4.69, 9.17) is 0 Å². The highest BCUT2D eigenvalue weighted by atomic mass is 79.9. The first kappa shape index (κ1) is 14.2. The summed E-state index contributed by atoms with van der Waals surface area (Å²) in [7, 11) is 0. The standard InChI is InChI=1S/C12H20BrN3O/c1-4-10-8-11(16(5-2)15-10)12(17)14-7-6-9(3)13/h8-9H,4-7H2,1-3H3,(H,14,17). The number of alkyl halides is 1. The van der Waals surface area contributed by atoms with E-state index in [9.17, 15) is 4.79 Å². The van der Waals surface area contributed by atoms with Gasteiger partial charge in [0.15, 0.2) is 0 Å². The summed E-state index contributed by atoms with van der Waals surface area (Å²) in [5, 5.41) is 7.27. The number of halogens is 1. The maximum atomic E-state index is 11.9. The molecule has 0 radical (unpaired) electrons. The van der Waals surface area contributed by atoms with E-state index in [2.05, 4.69) is 33.3 Å². The van der Waals surface area contributed by atoms with Gasteiger partial charge in [0, 0.05) is 17.9 Å². The Kier molecular flexibility index (Phi) is 5.68. The summed E-state index contributed by atoms with van der Waals surface area (Å²) in [6.07, 6.45) is 1.78. The SMILES string of the molecule is CCc1cc(C(=O)NCCC(C)Br)n(CC)n1. The molecule has 1 rings (SSSR count). The molecule has 0 aliphatic heterocycles. The molecule has 0 aliphatic carbocycles. The van der Waals surface area contributed by atoms with Gasteiger partial charge in [0.25, 0.3) is 5.91 Å². The minimum Gasteiger partial charge on any atom is -0.351 e. The number of aromatic nitrogens is 2. The highest BCUT2D eigenvalue weighted by molar-refractivity contribution is 9.09. The van der Waals surface area contributed by atoms with Crippen LogP contribution in [0.4, 0.5) is 0 Å². The molecule has 0 bridgehead atoms. The van der Waals surface area contributed by atoms with Gasteiger partial charge in [-0.25, -0.2) is 0 Å². The van der Waals surface area contributed by atoms with Crippen molar-refractivity contribution < 1.29 is 4.79 Å². The van der Waals surface area contributed by atoms with Crippen molar-refractivity contribution in [3.05, 3.63) is 17.5 Å². The Morgan fingerprint density at radius 1 is 1.59 bits per heavy atom. The third-order valence-electron chi connectivity index (χ3n) is 2.55. The summed E-state index contributed by atoms with van der Waals surface area (Å²) in [5.41, 5.74) is 1.62. The van der Waals surface area contributed by atoms with Crippen LogP contribution in [0.1, 0.15) is 43.4 Å². The fourth-order valence-electron chi connectivity index (χ4n) is 1.54. The molecule has 5 heteroatoms. The summed E-state index contributed by atoms with van der Waals surface area (Å²) in [4.78, 5) is 12.4. The number of carbonyl (C=O) groups excluding carboxylic acids is 1. The van der Waals surface area contributed by atoms with Crippen LogP contribution < -0.4 is 5.32 Å². The lowest BCUT2D eigenvalue weighted by Crippen LogP contribution is -2.28. The number of hydrogen-bond donors (Lipinski definition) is 1. The first-order chi connectivity index (χ1) is 8.08. The molecule has 96 valence electrons. The second kappa shape index (κ2) is 6.79. The van der Waals surface area contributed by atoms with Crippen molar-refractivity contribution in [2.45, 2.75) is 45.0 Å². The van der Waals surface area contributed by atoms with Crippen molar-refractivity contribution in [3.8, 4) is 0 Å². The van der Waals surface area contributed by atoms with E-state index >= 15 is 0 Å². The van der Waals surface area contributed by atoms with Gasteiger partial charge in [0.1, 0.15) is 5.69 Å². The number of amides is 1. The Balaban J connectivity index is 2.64. The Labute approximate surface area is 111 Å². The highest BCUT2D eigenvalue weighted by Crippen LogP contribution is 2.06. The van der Waals surface area contributed by atoms with Crippen LogP contribution in [-0.2, 0) is 13.0 Å². The second-order valence-corrected chi connectivity index (χ2v) is 5.58. The van der Waals surface area contributed by atoms with Gasteiger partial charge in [-0.1, -0.05) is 29.8 Å². The monoisotopic (exact) mass is 301 g/mol. The van der Waals surface area contributed by atoms with E-state index < -0.39 is 0 Å². The smallest absolute Gasteiger partial charge is 0.269 e. The first-order valence-corrected chi connectivity index (χ1v) is 6.99. The lowest BCUT2D eigenvalue weighted by Gasteiger charge is -2.07. The van der Waals surface area contributed by atoms with Crippen LogP contribution in [0.15, 0.2) is 6.07 Å². The van der Waals surface area contributed by atoms with Crippen molar-refractivity contribution >= 4 is 21.8 Å². The predicted octanol–water partition coefficient (Wildman–Crippen LogP) is 2.37. The van der Waals surface area contributed by atoms with E-state index in [1.54, 1.807) is 4.68 Å². The summed E-state index contributed by atoms with van der Waals surface area (Å²) in [5.74, 6) is -0.0350. The number of aryl methyl sites for hydroxylation is 2. The summed E-state index contributed by atoms with van der Waals surface area (Å²) in [6.45, 7) is 7.50. The van der Waals surface area contributed by atoms with Gasteiger partial charge in [-0.05, 0) is 25.8 Å². The van der Waals surface area contributed by atoms with Gasteiger partial charge in [0.05, 0.1) is 5.69 Å². The Hall–Kier alpha value is -0.840. The number of carbonyl (C=O) groups is 1. The normalized spacial score (nSPS) is 12.5. The van der Waals surface area contributed by atoms with Crippen LogP contribution in [-0.4, -0.2) is 27.1 Å². The predicted molar refractivity (Wildman–Crippen MR) is 72.6 cm³/mol. The maximum absolute atomic E-state index is 11.9. The number of rotatable bonds is 6. The molecule has 0 spiro atoms. The largest absolute Gasteiger partial charge is 0.351 e. The maximum Gasteiger partial charge on any atom is 0.269 e. The number of hydrogen-bond acceptors (Lipinski definition) is 2. The van der Waals surface area contributed by atoms with Crippen LogP contribution in [0.5, 0.6) is 0 Å².